The van der Waals surface area contributed by atoms with Crippen LogP contribution in [0.25, 0.3) is 0 Å². The number of amides is 1. The van der Waals surface area contributed by atoms with Gasteiger partial charge in [0.15, 0.2) is 0 Å². The Bertz CT molecular complexity index is 636. The number of nitrogens with one attached hydrogen (secondary N) is 2. The van der Waals surface area contributed by atoms with Crippen LogP contribution in [0.4, 0.5) is 0 Å². The molecule has 1 aromatic rings. The summed E-state index contributed by atoms with van der Waals surface area (Å²) in [6.07, 6.45) is 0.747. The molecule has 1 unspecified atom stereocenters. The molecule has 118 valence electrons. The summed E-state index contributed by atoms with van der Waals surface area (Å²) < 4.78 is 26.6. The van der Waals surface area contributed by atoms with E-state index in [-0.39, 0.29) is 9.77 Å². The number of rotatable bonds is 7. The van der Waals surface area contributed by atoms with E-state index >= 15 is 0 Å². The molecule has 7 nitrogen and oxygen atoms in total. The van der Waals surface area contributed by atoms with Gasteiger partial charge in [-0.25, -0.2) is 13.2 Å². The lowest BCUT2D eigenvalue weighted by Gasteiger charge is -2.13. The predicted octanol–water partition coefficient (Wildman–Crippen LogP) is 0.948. The van der Waals surface area contributed by atoms with Gasteiger partial charge in [0, 0.05) is 11.4 Å². The third-order valence-electron chi connectivity index (χ3n) is 2.65. The van der Waals surface area contributed by atoms with E-state index in [0.29, 0.717) is 11.4 Å². The maximum absolute atomic E-state index is 12.2. The van der Waals surface area contributed by atoms with Gasteiger partial charge in [0.2, 0.25) is 15.9 Å². The van der Waals surface area contributed by atoms with Crippen LogP contribution in [0.3, 0.4) is 0 Å². The standard InChI is InChI=1S/C12H18N2O5S2/c1-4-5-13-11(15)7(2)14-21(18,19)10-6-9(12(16)17)20-8(10)3/h6-7,14H,4-5H2,1-3H3,(H,13,15)(H,16,17). The van der Waals surface area contributed by atoms with Gasteiger partial charge in [-0.15, -0.1) is 11.3 Å². The molecular weight excluding hydrogens is 316 g/mol. The molecule has 0 aliphatic carbocycles. The molecule has 1 aromatic heterocycles. The van der Waals surface area contributed by atoms with E-state index in [9.17, 15) is 18.0 Å². The van der Waals surface area contributed by atoms with Crippen LogP contribution in [-0.2, 0) is 14.8 Å². The zero-order valence-electron chi connectivity index (χ0n) is 12.0. The molecule has 21 heavy (non-hydrogen) atoms. The molecule has 0 saturated heterocycles. The van der Waals surface area contributed by atoms with Gasteiger partial charge < -0.3 is 10.4 Å². The fourth-order valence-electron chi connectivity index (χ4n) is 1.59. The first-order chi connectivity index (χ1) is 9.69. The van der Waals surface area contributed by atoms with Crippen molar-refractivity contribution in [3.8, 4) is 0 Å². The first-order valence-corrected chi connectivity index (χ1v) is 8.62. The predicted molar refractivity (Wildman–Crippen MR) is 79.1 cm³/mol. The van der Waals surface area contributed by atoms with E-state index in [1.54, 1.807) is 0 Å². The number of hydrogen-bond donors (Lipinski definition) is 3. The van der Waals surface area contributed by atoms with Gasteiger partial charge >= 0.3 is 5.97 Å². The molecule has 9 heteroatoms. The van der Waals surface area contributed by atoms with Crippen molar-refractivity contribution < 1.29 is 23.1 Å². The van der Waals surface area contributed by atoms with E-state index in [1.165, 1.54) is 13.8 Å². The van der Waals surface area contributed by atoms with Crippen LogP contribution >= 0.6 is 11.3 Å². The summed E-state index contributed by atoms with van der Waals surface area (Å²) in [7, 11) is -3.94. The minimum absolute atomic E-state index is 0.0593. The average Bonchev–Trinajstić information content (AvgIpc) is 2.78. The van der Waals surface area contributed by atoms with Gasteiger partial charge in [-0.3, -0.25) is 4.79 Å². The van der Waals surface area contributed by atoms with Crippen molar-refractivity contribution in [3.63, 3.8) is 0 Å². The molecule has 0 radical (unpaired) electrons. The van der Waals surface area contributed by atoms with Crippen molar-refractivity contribution >= 4 is 33.2 Å². The maximum atomic E-state index is 12.2. The normalized spacial score (nSPS) is 12.9. The second kappa shape index (κ2) is 7.01. The van der Waals surface area contributed by atoms with E-state index in [0.717, 1.165) is 23.8 Å². The number of hydrogen-bond acceptors (Lipinski definition) is 5. The Morgan fingerprint density at radius 1 is 1.43 bits per heavy atom. The van der Waals surface area contributed by atoms with Crippen LogP contribution in [0.15, 0.2) is 11.0 Å². The van der Waals surface area contributed by atoms with Crippen molar-refractivity contribution in [2.45, 2.75) is 38.1 Å². The highest BCUT2D eigenvalue weighted by Crippen LogP contribution is 2.25. The molecule has 0 aliphatic heterocycles. The van der Waals surface area contributed by atoms with Gasteiger partial charge in [0.25, 0.3) is 0 Å². The van der Waals surface area contributed by atoms with Crippen molar-refractivity contribution in [2.24, 2.45) is 0 Å². The first kappa shape index (κ1) is 17.6. The molecule has 0 fully saturated rings. The Labute approximate surface area is 127 Å². The van der Waals surface area contributed by atoms with Gasteiger partial charge in [-0.1, -0.05) is 6.92 Å². The fourth-order valence-corrected chi connectivity index (χ4v) is 4.22. The van der Waals surface area contributed by atoms with Crippen LogP contribution < -0.4 is 10.0 Å². The summed E-state index contributed by atoms with van der Waals surface area (Å²) in [6.45, 7) is 5.30. The smallest absolute Gasteiger partial charge is 0.345 e. The lowest BCUT2D eigenvalue weighted by atomic mass is 10.3. The van der Waals surface area contributed by atoms with Crippen molar-refractivity contribution in [1.29, 1.82) is 0 Å². The molecule has 0 spiro atoms. The molecule has 3 N–H and O–H groups in total. The number of carboxylic acid groups (broad SMARTS) is 1. The Morgan fingerprint density at radius 2 is 2.05 bits per heavy atom. The molecule has 1 heterocycles. The molecule has 1 rings (SSSR count). The highest BCUT2D eigenvalue weighted by molar-refractivity contribution is 7.89. The lowest BCUT2D eigenvalue weighted by Crippen LogP contribution is -2.44. The highest BCUT2D eigenvalue weighted by atomic mass is 32.2. The molecular formula is C12H18N2O5S2. The van der Waals surface area contributed by atoms with Gasteiger partial charge in [0.1, 0.15) is 4.88 Å². The summed E-state index contributed by atoms with van der Waals surface area (Å²) >= 11 is 0.879. The largest absolute Gasteiger partial charge is 0.477 e. The lowest BCUT2D eigenvalue weighted by molar-refractivity contribution is -0.122. The van der Waals surface area contributed by atoms with E-state index in [2.05, 4.69) is 10.0 Å². The Morgan fingerprint density at radius 3 is 2.52 bits per heavy atom. The summed E-state index contributed by atoms with van der Waals surface area (Å²) in [5.41, 5.74) is 0. The number of sulfonamides is 1. The zero-order valence-corrected chi connectivity index (χ0v) is 13.6. The summed E-state index contributed by atoms with van der Waals surface area (Å²) in [4.78, 5) is 22.7. The maximum Gasteiger partial charge on any atom is 0.345 e. The number of thiophene rings is 1. The van der Waals surface area contributed by atoms with Crippen LogP contribution in [-0.4, -0.2) is 38.0 Å². The number of aryl methyl sites for hydroxylation is 1. The molecule has 0 saturated carbocycles. The van der Waals surface area contributed by atoms with E-state index in [1.807, 2.05) is 6.92 Å². The Balaban J connectivity index is 2.91. The monoisotopic (exact) mass is 334 g/mol. The van der Waals surface area contributed by atoms with Crippen molar-refractivity contribution in [1.82, 2.24) is 10.0 Å². The topological polar surface area (TPSA) is 113 Å². The molecule has 1 atom stereocenters. The average molecular weight is 334 g/mol. The number of carboxylic acids is 1. The second-order valence-electron chi connectivity index (χ2n) is 4.47. The summed E-state index contributed by atoms with van der Waals surface area (Å²) in [6, 6.07) is 0.163. The van der Waals surface area contributed by atoms with E-state index in [4.69, 9.17) is 5.11 Å². The van der Waals surface area contributed by atoms with Crippen molar-refractivity contribution in [2.75, 3.05) is 6.54 Å². The molecule has 0 aliphatic rings. The number of carbonyl (C=O) groups is 2. The number of carbonyl (C=O) groups excluding carboxylic acids is 1. The third-order valence-corrected chi connectivity index (χ3v) is 5.48. The van der Waals surface area contributed by atoms with Crippen LogP contribution in [0.5, 0.6) is 0 Å². The van der Waals surface area contributed by atoms with E-state index < -0.39 is 27.9 Å². The zero-order chi connectivity index (χ0) is 16.2. The number of aromatic carboxylic acids is 1. The minimum Gasteiger partial charge on any atom is -0.477 e. The highest BCUT2D eigenvalue weighted by Gasteiger charge is 2.26. The Kier molecular flexibility index (Phi) is 5.87. The van der Waals surface area contributed by atoms with Crippen molar-refractivity contribution in [3.05, 3.63) is 15.8 Å². The fraction of sp³-hybridized carbons (Fsp3) is 0.500. The van der Waals surface area contributed by atoms with Gasteiger partial charge in [-0.05, 0) is 26.3 Å². The van der Waals surface area contributed by atoms with Crippen LogP contribution in [0.1, 0.15) is 34.8 Å². The summed E-state index contributed by atoms with van der Waals surface area (Å²) in [5.74, 6) is -1.61. The van der Waals surface area contributed by atoms with Crippen LogP contribution in [0, 0.1) is 6.92 Å². The minimum atomic E-state index is -3.94. The SMILES string of the molecule is CCCNC(=O)C(C)NS(=O)(=O)c1cc(C(=O)O)sc1C. The third kappa shape index (κ3) is 4.51. The first-order valence-electron chi connectivity index (χ1n) is 6.32. The summed E-state index contributed by atoms with van der Waals surface area (Å²) in [5, 5.41) is 11.5. The Hall–Kier alpha value is -1.45. The molecule has 1 amide bonds. The molecule has 0 aromatic carbocycles. The van der Waals surface area contributed by atoms with Gasteiger partial charge in [0.05, 0.1) is 10.9 Å². The second-order valence-corrected chi connectivity index (χ2v) is 7.41. The quantitative estimate of drug-likeness (QED) is 0.687. The van der Waals surface area contributed by atoms with Crippen LogP contribution in [0.2, 0.25) is 0 Å². The van der Waals surface area contributed by atoms with Gasteiger partial charge in [-0.2, -0.15) is 4.72 Å². The molecule has 0 bridgehead atoms.